The van der Waals surface area contributed by atoms with Gasteiger partial charge in [-0.2, -0.15) is 5.26 Å². The second kappa shape index (κ2) is 2.78. The summed E-state index contributed by atoms with van der Waals surface area (Å²) in [4.78, 5) is 0. The Morgan fingerprint density at radius 2 is 2.15 bits per heavy atom. The Hall–Kier alpha value is -0.950. The van der Waals surface area contributed by atoms with Gasteiger partial charge in [-0.3, -0.25) is 0 Å². The van der Waals surface area contributed by atoms with E-state index in [1.54, 1.807) is 11.3 Å². The zero-order chi connectivity index (χ0) is 9.47. The molecule has 0 radical (unpaired) electrons. The lowest BCUT2D eigenvalue weighted by atomic mass is 10.1. The molecule has 1 aliphatic carbocycles. The van der Waals surface area contributed by atoms with Gasteiger partial charge in [0, 0.05) is 5.92 Å². The zero-order valence-corrected chi connectivity index (χ0v) is 8.56. The molecule has 1 saturated carbocycles. The zero-order valence-electron chi connectivity index (χ0n) is 7.74. The molecule has 0 saturated heterocycles. The quantitative estimate of drug-likeness (QED) is 0.723. The molecule has 0 bridgehead atoms. The van der Waals surface area contributed by atoms with Gasteiger partial charge >= 0.3 is 0 Å². The van der Waals surface area contributed by atoms with Crippen LogP contribution in [-0.2, 0) is 5.41 Å². The molecule has 3 nitrogen and oxygen atoms in total. The maximum atomic E-state index is 8.95. The van der Waals surface area contributed by atoms with Crippen LogP contribution in [0.3, 0.4) is 0 Å². The lowest BCUT2D eigenvalue weighted by molar-refractivity contribution is 0.800. The molecule has 13 heavy (non-hydrogen) atoms. The van der Waals surface area contributed by atoms with Gasteiger partial charge in [-0.05, 0) is 12.8 Å². The Kier molecular flexibility index (Phi) is 1.85. The molecule has 4 heteroatoms. The summed E-state index contributed by atoms with van der Waals surface area (Å²) in [6.07, 6.45) is 1.91. The van der Waals surface area contributed by atoms with Crippen LogP contribution in [0.15, 0.2) is 0 Å². The fraction of sp³-hybridized carbons (Fsp3) is 0.667. The van der Waals surface area contributed by atoms with Crippen molar-refractivity contribution in [2.24, 2.45) is 0 Å². The maximum absolute atomic E-state index is 8.95. The predicted molar refractivity (Wildman–Crippen MR) is 50.5 cm³/mol. The number of hydrogen-bond acceptors (Lipinski definition) is 4. The minimum atomic E-state index is -0.259. The van der Waals surface area contributed by atoms with Crippen LogP contribution in [0.4, 0.5) is 0 Å². The van der Waals surface area contributed by atoms with E-state index in [0.717, 1.165) is 22.9 Å². The van der Waals surface area contributed by atoms with Gasteiger partial charge in [-0.1, -0.05) is 25.2 Å². The van der Waals surface area contributed by atoms with E-state index < -0.39 is 0 Å². The van der Waals surface area contributed by atoms with E-state index in [4.69, 9.17) is 5.26 Å². The van der Waals surface area contributed by atoms with Crippen molar-refractivity contribution < 1.29 is 0 Å². The van der Waals surface area contributed by atoms with E-state index >= 15 is 0 Å². The van der Waals surface area contributed by atoms with E-state index in [2.05, 4.69) is 30.1 Å². The third-order valence-electron chi connectivity index (χ3n) is 2.31. The van der Waals surface area contributed by atoms with Crippen LogP contribution in [-0.4, -0.2) is 10.2 Å². The summed E-state index contributed by atoms with van der Waals surface area (Å²) < 4.78 is 0. The lowest BCUT2D eigenvalue weighted by Gasteiger charge is -1.96. The molecule has 68 valence electrons. The molecule has 0 spiro atoms. The molecule has 0 aromatic carbocycles. The highest BCUT2D eigenvalue weighted by Crippen LogP contribution is 2.48. The van der Waals surface area contributed by atoms with Crippen molar-refractivity contribution in [3.8, 4) is 6.07 Å². The fourth-order valence-corrected chi connectivity index (χ4v) is 2.20. The average molecular weight is 193 g/mol. The van der Waals surface area contributed by atoms with Crippen LogP contribution in [0.2, 0.25) is 0 Å². The highest BCUT2D eigenvalue weighted by molar-refractivity contribution is 7.11. The van der Waals surface area contributed by atoms with Crippen molar-refractivity contribution in [2.75, 3.05) is 0 Å². The van der Waals surface area contributed by atoms with E-state index in [1.807, 2.05) is 0 Å². The first kappa shape index (κ1) is 8.64. The summed E-state index contributed by atoms with van der Waals surface area (Å²) in [6, 6.07) is 2.33. The van der Waals surface area contributed by atoms with Crippen molar-refractivity contribution in [2.45, 2.75) is 38.0 Å². The van der Waals surface area contributed by atoms with Gasteiger partial charge < -0.3 is 0 Å². The molecule has 2 rings (SSSR count). The van der Waals surface area contributed by atoms with Crippen LogP contribution in [0.1, 0.15) is 42.6 Å². The first-order chi connectivity index (χ1) is 6.18. The summed E-state index contributed by atoms with van der Waals surface area (Å²) in [6.45, 7) is 4.19. The number of rotatable bonds is 2. The lowest BCUT2D eigenvalue weighted by Crippen LogP contribution is -2.00. The smallest absolute Gasteiger partial charge is 0.137 e. The van der Waals surface area contributed by atoms with Crippen molar-refractivity contribution in [1.82, 2.24) is 10.2 Å². The first-order valence-electron chi connectivity index (χ1n) is 4.43. The minimum absolute atomic E-state index is 0.259. The molecule has 0 amide bonds. The summed E-state index contributed by atoms with van der Waals surface area (Å²) in [5, 5.41) is 19.1. The summed E-state index contributed by atoms with van der Waals surface area (Å²) >= 11 is 1.59. The molecule has 1 aromatic rings. The van der Waals surface area contributed by atoms with Crippen molar-refractivity contribution in [3.05, 3.63) is 10.0 Å². The third kappa shape index (κ3) is 1.33. The Morgan fingerprint density at radius 3 is 2.54 bits per heavy atom. The van der Waals surface area contributed by atoms with E-state index in [-0.39, 0.29) is 5.41 Å². The number of aromatic nitrogens is 2. The minimum Gasteiger partial charge on any atom is -0.197 e. The van der Waals surface area contributed by atoms with Gasteiger partial charge in [0.2, 0.25) is 0 Å². The molecular formula is C9H11N3S. The van der Waals surface area contributed by atoms with Crippen LogP contribution in [0, 0.1) is 11.3 Å². The molecule has 0 aliphatic heterocycles. The normalized spacial score (nSPS) is 18.6. The average Bonchev–Trinajstić information content (AvgIpc) is 2.75. The first-order valence-corrected chi connectivity index (χ1v) is 5.25. The summed E-state index contributed by atoms with van der Waals surface area (Å²) in [7, 11) is 0. The SMILES string of the molecule is CC(C)c1nnc(C2(C#N)CC2)s1. The van der Waals surface area contributed by atoms with E-state index in [1.165, 1.54) is 0 Å². The highest BCUT2D eigenvalue weighted by Gasteiger charge is 2.48. The van der Waals surface area contributed by atoms with Crippen LogP contribution in [0.5, 0.6) is 0 Å². The molecule has 1 heterocycles. The fourth-order valence-electron chi connectivity index (χ4n) is 1.16. The number of nitrogens with zero attached hydrogens (tertiary/aromatic N) is 3. The Bertz CT molecular complexity index is 357. The van der Waals surface area contributed by atoms with Crippen molar-refractivity contribution >= 4 is 11.3 Å². The van der Waals surface area contributed by atoms with Crippen molar-refractivity contribution in [1.29, 1.82) is 5.26 Å². The van der Waals surface area contributed by atoms with E-state index in [9.17, 15) is 0 Å². The molecule has 1 aromatic heterocycles. The van der Waals surface area contributed by atoms with Gasteiger partial charge in [-0.15, -0.1) is 10.2 Å². The van der Waals surface area contributed by atoms with Crippen LogP contribution >= 0.6 is 11.3 Å². The number of nitriles is 1. The van der Waals surface area contributed by atoms with Crippen LogP contribution in [0.25, 0.3) is 0 Å². The Morgan fingerprint density at radius 1 is 1.46 bits per heavy atom. The van der Waals surface area contributed by atoms with Gasteiger partial charge in [-0.25, -0.2) is 0 Å². The van der Waals surface area contributed by atoms with Crippen LogP contribution < -0.4 is 0 Å². The highest BCUT2D eigenvalue weighted by atomic mass is 32.1. The van der Waals surface area contributed by atoms with Crippen molar-refractivity contribution in [3.63, 3.8) is 0 Å². The van der Waals surface area contributed by atoms with Gasteiger partial charge in [0.05, 0.1) is 6.07 Å². The molecular weight excluding hydrogens is 182 g/mol. The molecule has 1 fully saturated rings. The second-order valence-corrected chi connectivity index (χ2v) is 4.80. The molecule has 0 atom stereocenters. The molecule has 0 unspecified atom stereocenters. The Labute approximate surface area is 81.4 Å². The second-order valence-electron chi connectivity index (χ2n) is 3.79. The molecule has 0 N–H and O–H groups in total. The third-order valence-corrected chi connectivity index (χ3v) is 3.74. The predicted octanol–water partition coefficient (Wildman–Crippen LogP) is 2.22. The van der Waals surface area contributed by atoms with Gasteiger partial charge in [0.15, 0.2) is 0 Å². The van der Waals surface area contributed by atoms with E-state index in [0.29, 0.717) is 5.92 Å². The largest absolute Gasteiger partial charge is 0.197 e. The monoisotopic (exact) mass is 193 g/mol. The summed E-state index contributed by atoms with van der Waals surface area (Å²) in [5.41, 5.74) is -0.259. The molecule has 1 aliphatic rings. The maximum Gasteiger partial charge on any atom is 0.137 e. The topological polar surface area (TPSA) is 49.6 Å². The summed E-state index contributed by atoms with van der Waals surface area (Å²) in [5.74, 6) is 0.417. The standard InChI is InChI=1S/C9H11N3S/c1-6(2)7-11-12-8(13-7)9(5-10)3-4-9/h6H,3-4H2,1-2H3. The number of hydrogen-bond donors (Lipinski definition) is 0. The van der Waals surface area contributed by atoms with Gasteiger partial charge in [0.25, 0.3) is 0 Å². The Balaban J connectivity index is 2.29. The van der Waals surface area contributed by atoms with Gasteiger partial charge in [0.1, 0.15) is 15.4 Å².